The van der Waals surface area contributed by atoms with E-state index in [2.05, 4.69) is 14.8 Å². The molecule has 0 bridgehead atoms. The Bertz CT molecular complexity index is 628. The second kappa shape index (κ2) is 6.25. The number of rotatable bonds is 5. The van der Waals surface area contributed by atoms with E-state index in [9.17, 15) is 8.42 Å². The number of ether oxygens (including phenoxy) is 1. The third kappa shape index (κ3) is 3.04. The van der Waals surface area contributed by atoms with Crippen LogP contribution >= 0.6 is 0 Å². The highest BCUT2D eigenvalue weighted by molar-refractivity contribution is 7.89. The van der Waals surface area contributed by atoms with Gasteiger partial charge >= 0.3 is 0 Å². The lowest BCUT2D eigenvalue weighted by atomic mass is 9.99. The maximum atomic E-state index is 12.5. The van der Waals surface area contributed by atoms with Crippen molar-refractivity contribution < 1.29 is 13.2 Å². The highest BCUT2D eigenvalue weighted by atomic mass is 32.2. The molecule has 1 aromatic heterocycles. The summed E-state index contributed by atoms with van der Waals surface area (Å²) < 4.78 is 33.9. The van der Waals surface area contributed by atoms with E-state index in [1.807, 2.05) is 0 Å². The molecule has 124 valence electrons. The Morgan fingerprint density at radius 1 is 1.32 bits per heavy atom. The van der Waals surface area contributed by atoms with Crippen molar-refractivity contribution in [3.63, 3.8) is 0 Å². The largest absolute Gasteiger partial charge is 0.381 e. The topological polar surface area (TPSA) is 77.3 Å². The highest BCUT2D eigenvalue weighted by Gasteiger charge is 2.33. The number of sulfonamides is 1. The molecule has 0 saturated carbocycles. The molecule has 0 radical (unpaired) electrons. The fourth-order valence-electron chi connectivity index (χ4n) is 3.35. The first-order valence-corrected chi connectivity index (χ1v) is 9.55. The third-order valence-corrected chi connectivity index (χ3v) is 6.64. The average Bonchev–Trinajstić information content (AvgIpc) is 3.09. The summed E-state index contributed by atoms with van der Waals surface area (Å²) in [5, 5.41) is 8.57. The van der Waals surface area contributed by atoms with E-state index >= 15 is 0 Å². The predicted molar refractivity (Wildman–Crippen MR) is 82.1 cm³/mol. The summed E-state index contributed by atoms with van der Waals surface area (Å²) in [7, 11) is -1.74. The summed E-state index contributed by atoms with van der Waals surface area (Å²) in [6.07, 6.45) is 3.64. The van der Waals surface area contributed by atoms with Crippen LogP contribution in [0.15, 0.2) is 0 Å². The minimum absolute atomic E-state index is 0.0359. The van der Waals surface area contributed by atoms with E-state index in [-0.39, 0.29) is 17.8 Å². The van der Waals surface area contributed by atoms with Crippen LogP contribution in [0.5, 0.6) is 0 Å². The van der Waals surface area contributed by atoms with Gasteiger partial charge in [-0.15, -0.1) is 10.2 Å². The van der Waals surface area contributed by atoms with Crippen molar-refractivity contribution in [2.75, 3.05) is 26.0 Å². The molecular formula is C14H24N4O3S. The van der Waals surface area contributed by atoms with Crippen LogP contribution in [0.2, 0.25) is 0 Å². The number of piperidine rings is 1. The first-order valence-electron chi connectivity index (χ1n) is 7.94. The second-order valence-electron chi connectivity index (χ2n) is 6.25. The Hall–Kier alpha value is -0.990. The number of hydrogen-bond acceptors (Lipinski definition) is 5. The molecule has 0 aliphatic carbocycles. The van der Waals surface area contributed by atoms with Gasteiger partial charge in [0.1, 0.15) is 11.6 Å². The predicted octanol–water partition coefficient (Wildman–Crippen LogP) is 0.768. The van der Waals surface area contributed by atoms with Crippen LogP contribution in [0.25, 0.3) is 0 Å². The van der Waals surface area contributed by atoms with Gasteiger partial charge in [-0.3, -0.25) is 0 Å². The standard InChI is InChI=1S/C14H24N4O3S/c1-11(21-2)10-22(19,20)17-7-3-5-12(9-17)14-16-15-13-6-4-8-18(13)14/h11-12H,3-10H2,1-2H3/t11-,12-/m1/s1. The van der Waals surface area contributed by atoms with Gasteiger partial charge in [0.05, 0.1) is 11.9 Å². The van der Waals surface area contributed by atoms with Crippen LogP contribution in [-0.4, -0.2) is 59.5 Å². The van der Waals surface area contributed by atoms with Crippen molar-refractivity contribution in [1.29, 1.82) is 0 Å². The van der Waals surface area contributed by atoms with Crippen molar-refractivity contribution in [1.82, 2.24) is 19.1 Å². The molecule has 0 unspecified atom stereocenters. The first-order chi connectivity index (χ1) is 10.5. The molecule has 0 spiro atoms. The fourth-order valence-corrected chi connectivity index (χ4v) is 5.11. The number of aryl methyl sites for hydroxylation is 1. The van der Waals surface area contributed by atoms with Crippen LogP contribution < -0.4 is 0 Å². The quantitative estimate of drug-likeness (QED) is 0.798. The molecule has 2 atom stereocenters. The van der Waals surface area contributed by atoms with Crippen LogP contribution in [0, 0.1) is 0 Å². The summed E-state index contributed by atoms with van der Waals surface area (Å²) in [4.78, 5) is 0. The normalized spacial score (nSPS) is 24.4. The van der Waals surface area contributed by atoms with Crippen molar-refractivity contribution >= 4 is 10.0 Å². The molecule has 3 rings (SSSR count). The lowest BCUT2D eigenvalue weighted by Crippen LogP contribution is -2.42. The number of nitrogens with zero attached hydrogens (tertiary/aromatic N) is 4. The molecule has 0 aromatic carbocycles. The molecule has 1 saturated heterocycles. The number of methoxy groups -OCH3 is 1. The molecule has 2 aliphatic heterocycles. The van der Waals surface area contributed by atoms with E-state index in [0.29, 0.717) is 13.1 Å². The average molecular weight is 328 g/mol. The Balaban J connectivity index is 1.74. The van der Waals surface area contributed by atoms with E-state index in [4.69, 9.17) is 4.74 Å². The summed E-state index contributed by atoms with van der Waals surface area (Å²) in [6, 6.07) is 0. The third-order valence-electron chi connectivity index (χ3n) is 4.63. The molecule has 2 aliphatic rings. The lowest BCUT2D eigenvalue weighted by molar-refractivity contribution is 0.134. The number of fused-ring (bicyclic) bond motifs is 1. The maximum Gasteiger partial charge on any atom is 0.216 e. The fraction of sp³-hybridized carbons (Fsp3) is 0.857. The summed E-state index contributed by atoms with van der Waals surface area (Å²) in [5.41, 5.74) is 0. The smallest absolute Gasteiger partial charge is 0.216 e. The van der Waals surface area contributed by atoms with Gasteiger partial charge in [0, 0.05) is 39.1 Å². The molecule has 0 amide bonds. The molecule has 1 aromatic rings. The molecule has 8 heteroatoms. The highest BCUT2D eigenvalue weighted by Crippen LogP contribution is 2.29. The Kier molecular flexibility index (Phi) is 4.52. The van der Waals surface area contributed by atoms with Crippen LogP contribution in [0.4, 0.5) is 0 Å². The van der Waals surface area contributed by atoms with Gasteiger partial charge in [-0.1, -0.05) is 0 Å². The maximum absolute atomic E-state index is 12.5. The van der Waals surface area contributed by atoms with Gasteiger partial charge in [0.15, 0.2) is 0 Å². The minimum atomic E-state index is -3.28. The van der Waals surface area contributed by atoms with Crippen molar-refractivity contribution in [2.45, 2.75) is 51.2 Å². The van der Waals surface area contributed by atoms with Gasteiger partial charge in [0.2, 0.25) is 10.0 Å². The molecule has 22 heavy (non-hydrogen) atoms. The summed E-state index contributed by atoms with van der Waals surface area (Å²) in [6.45, 7) is 3.85. The zero-order chi connectivity index (χ0) is 15.7. The number of aromatic nitrogens is 3. The van der Waals surface area contributed by atoms with E-state index < -0.39 is 10.0 Å². The van der Waals surface area contributed by atoms with Gasteiger partial charge in [0.25, 0.3) is 0 Å². The van der Waals surface area contributed by atoms with Gasteiger partial charge in [-0.25, -0.2) is 12.7 Å². The van der Waals surface area contributed by atoms with E-state index in [1.54, 1.807) is 18.3 Å². The zero-order valence-electron chi connectivity index (χ0n) is 13.2. The minimum Gasteiger partial charge on any atom is -0.381 e. The molecule has 1 fully saturated rings. The van der Waals surface area contributed by atoms with Crippen LogP contribution in [-0.2, 0) is 27.7 Å². The van der Waals surface area contributed by atoms with Crippen molar-refractivity contribution in [3.8, 4) is 0 Å². The van der Waals surface area contributed by atoms with Crippen molar-refractivity contribution in [2.24, 2.45) is 0 Å². The Morgan fingerprint density at radius 2 is 2.14 bits per heavy atom. The summed E-state index contributed by atoms with van der Waals surface area (Å²) >= 11 is 0. The zero-order valence-corrected chi connectivity index (χ0v) is 14.0. The Morgan fingerprint density at radius 3 is 2.91 bits per heavy atom. The summed E-state index contributed by atoms with van der Waals surface area (Å²) in [5.74, 6) is 2.20. The molecule has 7 nitrogen and oxygen atoms in total. The van der Waals surface area contributed by atoms with Crippen molar-refractivity contribution in [3.05, 3.63) is 11.6 Å². The van der Waals surface area contributed by atoms with Gasteiger partial charge in [-0.05, 0) is 26.2 Å². The van der Waals surface area contributed by atoms with Gasteiger partial charge < -0.3 is 9.30 Å². The monoisotopic (exact) mass is 328 g/mol. The Labute approximate surface area is 131 Å². The van der Waals surface area contributed by atoms with E-state index in [0.717, 1.165) is 43.9 Å². The van der Waals surface area contributed by atoms with Crippen LogP contribution in [0.1, 0.15) is 43.8 Å². The van der Waals surface area contributed by atoms with Gasteiger partial charge in [-0.2, -0.15) is 0 Å². The molecule has 3 heterocycles. The number of hydrogen-bond donors (Lipinski definition) is 0. The first kappa shape index (κ1) is 15.9. The molecule has 0 N–H and O–H groups in total. The SMILES string of the molecule is CO[C@H](C)CS(=O)(=O)N1CCC[C@@H](c2nnc3n2CCC3)C1. The molecular weight excluding hydrogens is 304 g/mol. The van der Waals surface area contributed by atoms with Crippen LogP contribution in [0.3, 0.4) is 0 Å². The lowest BCUT2D eigenvalue weighted by Gasteiger charge is -2.32. The van der Waals surface area contributed by atoms with E-state index in [1.165, 1.54) is 0 Å². The second-order valence-corrected chi connectivity index (χ2v) is 8.27.